The molecule has 3 aromatic heterocycles. The summed E-state index contributed by atoms with van der Waals surface area (Å²) in [4.78, 5) is 17.3. The van der Waals surface area contributed by atoms with Gasteiger partial charge in [-0.05, 0) is 48.9 Å². The van der Waals surface area contributed by atoms with Gasteiger partial charge in [0.2, 0.25) is 5.88 Å². The Morgan fingerprint density at radius 3 is 2.71 bits per heavy atom. The summed E-state index contributed by atoms with van der Waals surface area (Å²) >= 11 is 0. The normalized spacial score (nSPS) is 13.3. The van der Waals surface area contributed by atoms with Gasteiger partial charge in [0.25, 0.3) is 0 Å². The van der Waals surface area contributed by atoms with E-state index < -0.39 is 0 Å². The average molecular weight is 318 g/mol. The highest BCUT2D eigenvalue weighted by Gasteiger charge is 2.18. The van der Waals surface area contributed by atoms with Crippen LogP contribution < -0.4 is 4.74 Å². The molecule has 0 spiro atoms. The first-order valence-electron chi connectivity index (χ1n) is 8.22. The minimum Gasteiger partial charge on any atom is -0.469 e. The van der Waals surface area contributed by atoms with E-state index in [0.717, 1.165) is 24.1 Å². The topological polar surface area (TPSA) is 60.8 Å². The maximum atomic E-state index is 5.86. The van der Waals surface area contributed by atoms with Crippen LogP contribution in [0, 0.1) is 0 Å². The van der Waals surface area contributed by atoms with E-state index in [0.29, 0.717) is 18.3 Å². The van der Waals surface area contributed by atoms with Gasteiger partial charge in [-0.3, -0.25) is 4.98 Å². The van der Waals surface area contributed by atoms with Crippen molar-refractivity contribution in [1.29, 1.82) is 0 Å². The Hall–Kier alpha value is -2.82. The summed E-state index contributed by atoms with van der Waals surface area (Å²) in [6, 6.07) is 7.86. The van der Waals surface area contributed by atoms with Gasteiger partial charge in [-0.2, -0.15) is 0 Å². The molecule has 5 nitrogen and oxygen atoms in total. The Morgan fingerprint density at radius 1 is 1.00 bits per heavy atom. The lowest BCUT2D eigenvalue weighted by Gasteiger charge is -2.20. The number of aromatic nitrogens is 4. The molecule has 120 valence electrons. The van der Waals surface area contributed by atoms with Crippen LogP contribution in [0.5, 0.6) is 5.88 Å². The van der Waals surface area contributed by atoms with Crippen molar-refractivity contribution >= 4 is 0 Å². The van der Waals surface area contributed by atoms with Gasteiger partial charge in [-0.25, -0.2) is 15.0 Å². The van der Waals surface area contributed by atoms with Crippen molar-refractivity contribution in [2.45, 2.75) is 32.3 Å². The molecule has 0 saturated carbocycles. The van der Waals surface area contributed by atoms with Gasteiger partial charge in [-0.1, -0.05) is 6.07 Å². The van der Waals surface area contributed by atoms with Gasteiger partial charge in [-0.15, -0.1) is 0 Å². The lowest BCUT2D eigenvalue weighted by molar-refractivity contribution is 0.283. The number of hydrogen-bond donors (Lipinski definition) is 0. The SMILES string of the molecule is c1cnc(COc2cc(-c3cccnc3)c3c(n2)CCCC3)nc1. The van der Waals surface area contributed by atoms with E-state index in [1.54, 1.807) is 24.7 Å². The van der Waals surface area contributed by atoms with Crippen LogP contribution in [0.2, 0.25) is 0 Å². The van der Waals surface area contributed by atoms with Crippen molar-refractivity contribution < 1.29 is 4.74 Å². The zero-order valence-corrected chi connectivity index (χ0v) is 13.4. The molecule has 1 aliphatic rings. The van der Waals surface area contributed by atoms with Gasteiger partial charge in [0.05, 0.1) is 0 Å². The monoisotopic (exact) mass is 318 g/mol. The Morgan fingerprint density at radius 2 is 1.88 bits per heavy atom. The zero-order chi connectivity index (χ0) is 16.2. The Balaban J connectivity index is 1.68. The van der Waals surface area contributed by atoms with Crippen LogP contribution in [-0.4, -0.2) is 19.9 Å². The standard InChI is InChI=1S/C19H18N4O/c1-2-7-17-15(6-1)16(14-5-3-8-20-12-14)11-19(23-17)24-13-18-21-9-4-10-22-18/h3-5,8-12H,1-2,6-7,13H2. The summed E-state index contributed by atoms with van der Waals surface area (Å²) in [6.45, 7) is 0.319. The van der Waals surface area contributed by atoms with Crippen molar-refractivity contribution in [3.05, 3.63) is 66.1 Å². The molecule has 3 aromatic rings. The molecule has 5 heteroatoms. The molecule has 0 atom stereocenters. The van der Waals surface area contributed by atoms with Gasteiger partial charge in [0, 0.05) is 42.1 Å². The quantitative estimate of drug-likeness (QED) is 0.738. The smallest absolute Gasteiger partial charge is 0.214 e. The molecule has 3 heterocycles. The van der Waals surface area contributed by atoms with Crippen molar-refractivity contribution in [2.24, 2.45) is 0 Å². The molecule has 0 bridgehead atoms. The van der Waals surface area contributed by atoms with E-state index in [9.17, 15) is 0 Å². The Kier molecular flexibility index (Phi) is 4.14. The highest BCUT2D eigenvalue weighted by Crippen LogP contribution is 2.33. The second kappa shape index (κ2) is 6.74. The summed E-state index contributed by atoms with van der Waals surface area (Å²) in [5.41, 5.74) is 4.76. The summed E-state index contributed by atoms with van der Waals surface area (Å²) < 4.78 is 5.86. The van der Waals surface area contributed by atoms with Crippen molar-refractivity contribution in [1.82, 2.24) is 19.9 Å². The highest BCUT2D eigenvalue weighted by atomic mass is 16.5. The molecule has 0 aromatic carbocycles. The molecule has 1 aliphatic carbocycles. The van der Waals surface area contributed by atoms with Crippen LogP contribution in [0.4, 0.5) is 0 Å². The molecule has 0 radical (unpaired) electrons. The number of fused-ring (bicyclic) bond motifs is 1. The summed E-state index contributed by atoms with van der Waals surface area (Å²) in [7, 11) is 0. The first-order chi connectivity index (χ1) is 11.9. The molecular formula is C19H18N4O. The second-order valence-electron chi connectivity index (χ2n) is 5.84. The fourth-order valence-electron chi connectivity index (χ4n) is 3.08. The lowest BCUT2D eigenvalue weighted by atomic mass is 9.90. The maximum absolute atomic E-state index is 5.86. The van der Waals surface area contributed by atoms with Crippen LogP contribution in [0.25, 0.3) is 11.1 Å². The van der Waals surface area contributed by atoms with E-state index in [1.807, 2.05) is 18.3 Å². The number of ether oxygens (including phenoxy) is 1. The third-order valence-electron chi connectivity index (χ3n) is 4.22. The highest BCUT2D eigenvalue weighted by molar-refractivity contribution is 5.68. The Bertz CT molecular complexity index is 822. The number of rotatable bonds is 4. The fourth-order valence-corrected chi connectivity index (χ4v) is 3.08. The molecule has 0 aliphatic heterocycles. The molecular weight excluding hydrogens is 300 g/mol. The maximum Gasteiger partial charge on any atom is 0.214 e. The molecule has 0 N–H and O–H groups in total. The van der Waals surface area contributed by atoms with Gasteiger partial charge >= 0.3 is 0 Å². The van der Waals surface area contributed by atoms with Crippen LogP contribution in [0.1, 0.15) is 29.9 Å². The first kappa shape index (κ1) is 14.8. The molecule has 0 fully saturated rings. The van der Waals surface area contributed by atoms with Gasteiger partial charge in [0.15, 0.2) is 5.82 Å². The van der Waals surface area contributed by atoms with Crippen LogP contribution >= 0.6 is 0 Å². The van der Waals surface area contributed by atoms with E-state index in [-0.39, 0.29) is 0 Å². The molecule has 0 saturated heterocycles. The number of pyridine rings is 2. The first-order valence-corrected chi connectivity index (χ1v) is 8.22. The largest absolute Gasteiger partial charge is 0.469 e. The zero-order valence-electron chi connectivity index (χ0n) is 13.4. The number of nitrogens with zero attached hydrogens (tertiary/aromatic N) is 4. The predicted molar refractivity (Wildman–Crippen MR) is 90.5 cm³/mol. The van der Waals surface area contributed by atoms with Gasteiger partial charge in [0.1, 0.15) is 6.61 Å². The van der Waals surface area contributed by atoms with Crippen LogP contribution in [0.15, 0.2) is 49.1 Å². The third kappa shape index (κ3) is 3.11. The minimum atomic E-state index is 0.319. The average Bonchev–Trinajstić information content (AvgIpc) is 2.67. The van der Waals surface area contributed by atoms with E-state index in [1.165, 1.54) is 24.0 Å². The minimum absolute atomic E-state index is 0.319. The van der Waals surface area contributed by atoms with Crippen LogP contribution in [-0.2, 0) is 19.4 Å². The molecule has 0 amide bonds. The summed E-state index contributed by atoms with van der Waals surface area (Å²) in [6.07, 6.45) is 11.6. The number of hydrogen-bond acceptors (Lipinski definition) is 5. The summed E-state index contributed by atoms with van der Waals surface area (Å²) in [5.74, 6) is 1.28. The van der Waals surface area contributed by atoms with Gasteiger partial charge < -0.3 is 4.74 Å². The molecule has 4 rings (SSSR count). The lowest BCUT2D eigenvalue weighted by Crippen LogP contribution is -2.10. The Labute approximate surface area is 140 Å². The molecule has 0 unspecified atom stereocenters. The van der Waals surface area contributed by atoms with Crippen molar-refractivity contribution in [3.63, 3.8) is 0 Å². The predicted octanol–water partition coefficient (Wildman–Crippen LogP) is 3.39. The third-order valence-corrected chi connectivity index (χ3v) is 4.22. The van der Waals surface area contributed by atoms with Crippen molar-refractivity contribution in [2.75, 3.05) is 0 Å². The second-order valence-corrected chi connectivity index (χ2v) is 5.84. The summed E-state index contributed by atoms with van der Waals surface area (Å²) in [5, 5.41) is 0. The number of aryl methyl sites for hydroxylation is 1. The fraction of sp³-hybridized carbons (Fsp3) is 0.263. The van der Waals surface area contributed by atoms with E-state index in [4.69, 9.17) is 9.72 Å². The van der Waals surface area contributed by atoms with E-state index >= 15 is 0 Å². The molecule has 24 heavy (non-hydrogen) atoms. The van der Waals surface area contributed by atoms with Crippen molar-refractivity contribution in [3.8, 4) is 17.0 Å². The van der Waals surface area contributed by atoms with Crippen LogP contribution in [0.3, 0.4) is 0 Å². The van der Waals surface area contributed by atoms with E-state index in [2.05, 4.69) is 21.0 Å².